The van der Waals surface area contributed by atoms with Gasteiger partial charge in [0.2, 0.25) is 0 Å². The summed E-state index contributed by atoms with van der Waals surface area (Å²) in [6.45, 7) is 14.9. The maximum atomic E-state index is 6.98. The van der Waals surface area contributed by atoms with Crippen LogP contribution in [0.4, 0.5) is 5.82 Å². The largest absolute Gasteiger partial charge is 0.359 e. The van der Waals surface area contributed by atoms with E-state index < -0.39 is 0 Å². The third-order valence-corrected chi connectivity index (χ3v) is 1.69. The van der Waals surface area contributed by atoms with E-state index in [1.54, 1.807) is 6.20 Å². The van der Waals surface area contributed by atoms with Crippen molar-refractivity contribution in [3.05, 3.63) is 29.0 Å². The van der Waals surface area contributed by atoms with Crippen LogP contribution in [0.3, 0.4) is 0 Å². The van der Waals surface area contributed by atoms with Gasteiger partial charge in [0.15, 0.2) is 0 Å². The Morgan fingerprint density at radius 1 is 1.38 bits per heavy atom. The van der Waals surface area contributed by atoms with Crippen LogP contribution in [0.5, 0.6) is 0 Å². The molecule has 0 atom stereocenters. The summed E-state index contributed by atoms with van der Waals surface area (Å²) in [6.07, 6.45) is 1.70. The molecule has 1 aromatic rings. The summed E-state index contributed by atoms with van der Waals surface area (Å²) < 4.78 is 0. The van der Waals surface area contributed by atoms with Crippen LogP contribution >= 0.6 is 0 Å². The minimum atomic E-state index is -0.111. The van der Waals surface area contributed by atoms with E-state index in [0.29, 0.717) is 5.82 Å². The maximum Gasteiger partial charge on any atom is 0.292 e. The van der Waals surface area contributed by atoms with Crippen molar-refractivity contribution in [2.24, 2.45) is 0 Å². The molecule has 0 aliphatic heterocycles. The van der Waals surface area contributed by atoms with Gasteiger partial charge in [-0.2, -0.15) is 0 Å². The molecule has 3 heteroatoms. The van der Waals surface area contributed by atoms with E-state index in [-0.39, 0.29) is 5.41 Å². The van der Waals surface area contributed by atoms with Crippen LogP contribution in [0.15, 0.2) is 6.20 Å². The predicted molar refractivity (Wildman–Crippen MR) is 51.7 cm³/mol. The van der Waals surface area contributed by atoms with E-state index in [0.717, 1.165) is 11.4 Å². The van der Waals surface area contributed by atoms with Gasteiger partial charge in [-0.3, -0.25) is 4.98 Å². The summed E-state index contributed by atoms with van der Waals surface area (Å²) in [4.78, 5) is 11.8. The molecule has 0 spiro atoms. The molecule has 0 aliphatic carbocycles. The first kappa shape index (κ1) is 9.66. The van der Waals surface area contributed by atoms with Crippen molar-refractivity contribution < 1.29 is 0 Å². The molecule has 3 nitrogen and oxygen atoms in total. The molecule has 1 aromatic heterocycles. The molecule has 0 radical (unpaired) electrons. The van der Waals surface area contributed by atoms with Crippen LogP contribution in [-0.4, -0.2) is 9.97 Å². The number of nitrogens with zero attached hydrogens (tertiary/aromatic N) is 3. The molecule has 1 rings (SSSR count). The molecule has 1 heterocycles. The van der Waals surface area contributed by atoms with E-state index in [4.69, 9.17) is 6.57 Å². The molecular formula is C10H13N3. The van der Waals surface area contributed by atoms with E-state index in [1.807, 2.05) is 27.7 Å². The summed E-state index contributed by atoms with van der Waals surface area (Å²) in [5.41, 5.74) is 1.45. The fraction of sp³-hybridized carbons (Fsp3) is 0.500. The summed E-state index contributed by atoms with van der Waals surface area (Å²) in [6, 6.07) is 0. The number of hydrogen-bond donors (Lipinski definition) is 0. The zero-order valence-electron chi connectivity index (χ0n) is 8.42. The van der Waals surface area contributed by atoms with Gasteiger partial charge >= 0.3 is 0 Å². The second-order valence-electron chi connectivity index (χ2n) is 4.05. The van der Waals surface area contributed by atoms with Crippen LogP contribution < -0.4 is 0 Å². The standard InChI is InChI=1S/C10H13N3/c1-7-6-12-8(10(2,3)4)9(11-5)13-7/h6H,1-4H3. The van der Waals surface area contributed by atoms with Gasteiger partial charge < -0.3 is 4.85 Å². The van der Waals surface area contributed by atoms with Crippen molar-refractivity contribution >= 4 is 5.82 Å². The Bertz CT molecular complexity index is 355. The minimum absolute atomic E-state index is 0.111. The Morgan fingerprint density at radius 3 is 2.46 bits per heavy atom. The maximum absolute atomic E-state index is 6.98. The lowest BCUT2D eigenvalue weighted by Gasteiger charge is -2.18. The van der Waals surface area contributed by atoms with Crippen molar-refractivity contribution in [1.82, 2.24) is 9.97 Å². The van der Waals surface area contributed by atoms with Crippen molar-refractivity contribution in [2.75, 3.05) is 0 Å². The van der Waals surface area contributed by atoms with Crippen LogP contribution in [0.1, 0.15) is 32.2 Å². The number of rotatable bonds is 0. The second-order valence-corrected chi connectivity index (χ2v) is 4.05. The molecule has 0 fully saturated rings. The third-order valence-electron chi connectivity index (χ3n) is 1.69. The Hall–Kier alpha value is -1.43. The highest BCUT2D eigenvalue weighted by molar-refractivity contribution is 5.44. The Labute approximate surface area is 78.7 Å². The quantitative estimate of drug-likeness (QED) is 0.567. The zero-order valence-corrected chi connectivity index (χ0v) is 8.42. The van der Waals surface area contributed by atoms with Crippen LogP contribution in [-0.2, 0) is 5.41 Å². The highest BCUT2D eigenvalue weighted by Crippen LogP contribution is 2.27. The fourth-order valence-corrected chi connectivity index (χ4v) is 1.07. The molecule has 0 aromatic carbocycles. The SMILES string of the molecule is [C-]#[N+]c1nc(C)cnc1C(C)(C)C. The number of aryl methyl sites for hydroxylation is 1. The van der Waals surface area contributed by atoms with Gasteiger partial charge in [0.1, 0.15) is 5.69 Å². The van der Waals surface area contributed by atoms with Crippen molar-refractivity contribution in [3.63, 3.8) is 0 Å². The van der Waals surface area contributed by atoms with Crippen molar-refractivity contribution in [3.8, 4) is 0 Å². The molecule has 68 valence electrons. The first-order valence-electron chi connectivity index (χ1n) is 4.16. The predicted octanol–water partition coefficient (Wildman–Crippen LogP) is 2.63. The Balaban J connectivity index is 3.32. The highest BCUT2D eigenvalue weighted by atomic mass is 14.9. The average molecular weight is 175 g/mol. The normalized spacial score (nSPS) is 11.0. The first-order valence-corrected chi connectivity index (χ1v) is 4.16. The van der Waals surface area contributed by atoms with Crippen LogP contribution in [0, 0.1) is 13.5 Å². The smallest absolute Gasteiger partial charge is 0.292 e. The minimum Gasteiger partial charge on any atom is -0.359 e. The molecule has 13 heavy (non-hydrogen) atoms. The van der Waals surface area contributed by atoms with E-state index in [2.05, 4.69) is 14.8 Å². The lowest BCUT2D eigenvalue weighted by atomic mass is 9.92. The monoisotopic (exact) mass is 175 g/mol. The van der Waals surface area contributed by atoms with Gasteiger partial charge in [-0.05, 0) is 5.41 Å². The summed E-state index contributed by atoms with van der Waals surface area (Å²) in [5.74, 6) is 0.424. The molecule has 0 saturated carbocycles. The van der Waals surface area contributed by atoms with Crippen LogP contribution in [0.2, 0.25) is 0 Å². The van der Waals surface area contributed by atoms with Gasteiger partial charge in [-0.15, -0.1) is 4.98 Å². The van der Waals surface area contributed by atoms with E-state index in [9.17, 15) is 0 Å². The second kappa shape index (κ2) is 3.14. The molecule has 0 saturated heterocycles. The summed E-state index contributed by atoms with van der Waals surface area (Å²) in [7, 11) is 0. The summed E-state index contributed by atoms with van der Waals surface area (Å²) in [5, 5.41) is 0. The average Bonchev–Trinajstić information content (AvgIpc) is 2.01. The summed E-state index contributed by atoms with van der Waals surface area (Å²) >= 11 is 0. The van der Waals surface area contributed by atoms with Gasteiger partial charge in [0, 0.05) is 6.92 Å². The van der Waals surface area contributed by atoms with E-state index >= 15 is 0 Å². The molecule has 0 amide bonds. The lowest BCUT2D eigenvalue weighted by molar-refractivity contribution is 0.569. The number of aromatic nitrogens is 2. The zero-order chi connectivity index (χ0) is 10.1. The molecule has 0 N–H and O–H groups in total. The molecule has 0 bridgehead atoms. The van der Waals surface area contributed by atoms with Crippen LogP contribution in [0.25, 0.3) is 4.85 Å². The topological polar surface area (TPSA) is 30.1 Å². The van der Waals surface area contributed by atoms with Gasteiger partial charge in [-0.1, -0.05) is 27.3 Å². The highest BCUT2D eigenvalue weighted by Gasteiger charge is 2.20. The third kappa shape index (κ3) is 2.03. The first-order chi connectivity index (χ1) is 5.95. The lowest BCUT2D eigenvalue weighted by Crippen LogP contribution is -2.14. The van der Waals surface area contributed by atoms with Crippen molar-refractivity contribution in [1.29, 1.82) is 0 Å². The van der Waals surface area contributed by atoms with Gasteiger partial charge in [0.25, 0.3) is 5.82 Å². The Morgan fingerprint density at radius 2 is 2.00 bits per heavy atom. The molecular weight excluding hydrogens is 162 g/mol. The fourth-order valence-electron chi connectivity index (χ4n) is 1.07. The molecule has 0 aliphatic rings. The molecule has 0 unspecified atom stereocenters. The Kier molecular flexibility index (Phi) is 2.33. The van der Waals surface area contributed by atoms with E-state index in [1.165, 1.54) is 0 Å². The van der Waals surface area contributed by atoms with Gasteiger partial charge in [-0.25, -0.2) is 0 Å². The number of hydrogen-bond acceptors (Lipinski definition) is 2. The van der Waals surface area contributed by atoms with Gasteiger partial charge in [0.05, 0.1) is 11.9 Å². The van der Waals surface area contributed by atoms with Crippen molar-refractivity contribution in [2.45, 2.75) is 33.1 Å².